The molecule has 1 fully saturated rings. The minimum atomic E-state index is -0.727. The van der Waals surface area contributed by atoms with Crippen LogP contribution in [0.15, 0.2) is 29.6 Å². The molecule has 1 heterocycles. The van der Waals surface area contributed by atoms with Crippen molar-refractivity contribution in [2.75, 3.05) is 11.9 Å². The topological polar surface area (TPSA) is 68.3 Å². The summed E-state index contributed by atoms with van der Waals surface area (Å²) in [6.45, 7) is 2.07. The Morgan fingerprint density at radius 1 is 1.35 bits per heavy atom. The largest absolute Gasteiger partial charge is 0.466 e. The quantitative estimate of drug-likeness (QED) is 0.778. The highest BCUT2D eigenvalue weighted by molar-refractivity contribution is 7.14. The SMILES string of the molecule is CCOC(=O)Cc1csc(NC(=O)C2(c3cccc(F)c3)CCCC2)n1. The van der Waals surface area contributed by atoms with Crippen molar-refractivity contribution in [3.63, 3.8) is 0 Å². The molecule has 1 saturated carbocycles. The van der Waals surface area contributed by atoms with Gasteiger partial charge in [-0.3, -0.25) is 9.59 Å². The lowest BCUT2D eigenvalue weighted by atomic mass is 9.78. The zero-order valence-corrected chi connectivity index (χ0v) is 15.4. The smallest absolute Gasteiger partial charge is 0.311 e. The van der Waals surface area contributed by atoms with Crippen molar-refractivity contribution >= 4 is 28.3 Å². The van der Waals surface area contributed by atoms with Crippen molar-refractivity contribution < 1.29 is 18.7 Å². The maximum Gasteiger partial charge on any atom is 0.311 e. The van der Waals surface area contributed by atoms with Crippen LogP contribution in [0.1, 0.15) is 43.9 Å². The summed E-state index contributed by atoms with van der Waals surface area (Å²) in [4.78, 5) is 28.9. The maximum atomic E-state index is 13.7. The molecule has 1 aromatic carbocycles. The van der Waals surface area contributed by atoms with Crippen molar-refractivity contribution in [2.45, 2.75) is 44.4 Å². The molecule has 5 nitrogen and oxygen atoms in total. The first kappa shape index (κ1) is 18.5. The van der Waals surface area contributed by atoms with Crippen LogP contribution < -0.4 is 5.32 Å². The van der Waals surface area contributed by atoms with Crippen molar-refractivity contribution in [1.82, 2.24) is 4.98 Å². The van der Waals surface area contributed by atoms with E-state index in [2.05, 4.69) is 10.3 Å². The van der Waals surface area contributed by atoms with Gasteiger partial charge in [-0.05, 0) is 37.5 Å². The number of ether oxygens (including phenoxy) is 1. The molecule has 1 aliphatic carbocycles. The van der Waals surface area contributed by atoms with Gasteiger partial charge in [-0.25, -0.2) is 9.37 Å². The Hall–Kier alpha value is -2.28. The summed E-state index contributed by atoms with van der Waals surface area (Å²) >= 11 is 1.27. The molecular weight excluding hydrogens is 355 g/mol. The van der Waals surface area contributed by atoms with Crippen molar-refractivity contribution in [1.29, 1.82) is 0 Å². The van der Waals surface area contributed by atoms with Gasteiger partial charge < -0.3 is 10.1 Å². The number of nitrogens with zero attached hydrogens (tertiary/aromatic N) is 1. The normalized spacial score (nSPS) is 15.6. The molecular formula is C19H21FN2O3S. The van der Waals surface area contributed by atoms with Gasteiger partial charge in [-0.15, -0.1) is 11.3 Å². The molecule has 0 radical (unpaired) electrons. The maximum absolute atomic E-state index is 13.7. The Kier molecular flexibility index (Phi) is 5.66. The molecule has 3 rings (SSSR count). The Bertz CT molecular complexity index is 800. The second-order valence-corrected chi connectivity index (χ2v) is 7.24. The summed E-state index contributed by atoms with van der Waals surface area (Å²) < 4.78 is 18.6. The molecule has 1 aliphatic rings. The number of anilines is 1. The second-order valence-electron chi connectivity index (χ2n) is 6.38. The second kappa shape index (κ2) is 7.95. The average molecular weight is 376 g/mol. The van der Waals surface area contributed by atoms with E-state index in [0.29, 0.717) is 35.8 Å². The van der Waals surface area contributed by atoms with E-state index >= 15 is 0 Å². The van der Waals surface area contributed by atoms with E-state index in [4.69, 9.17) is 4.74 Å². The molecule has 0 unspecified atom stereocenters. The molecule has 26 heavy (non-hydrogen) atoms. The lowest BCUT2D eigenvalue weighted by Gasteiger charge is -2.27. The van der Waals surface area contributed by atoms with Crippen LogP contribution in [0.25, 0.3) is 0 Å². The number of esters is 1. The van der Waals surface area contributed by atoms with Gasteiger partial charge in [0, 0.05) is 5.38 Å². The van der Waals surface area contributed by atoms with Gasteiger partial charge in [0.05, 0.1) is 24.1 Å². The number of carbonyl (C=O) groups excluding carboxylic acids is 2. The third-order valence-electron chi connectivity index (χ3n) is 4.67. The van der Waals surface area contributed by atoms with Gasteiger partial charge in [0.2, 0.25) is 5.91 Å². The van der Waals surface area contributed by atoms with Gasteiger partial charge in [-0.2, -0.15) is 0 Å². The van der Waals surface area contributed by atoms with E-state index < -0.39 is 5.41 Å². The lowest BCUT2D eigenvalue weighted by Crippen LogP contribution is -2.38. The number of aromatic nitrogens is 1. The van der Waals surface area contributed by atoms with E-state index in [1.165, 1.54) is 23.5 Å². The van der Waals surface area contributed by atoms with Crippen molar-refractivity contribution in [3.05, 3.63) is 46.7 Å². The van der Waals surface area contributed by atoms with E-state index in [9.17, 15) is 14.0 Å². The summed E-state index contributed by atoms with van der Waals surface area (Å²) in [6, 6.07) is 6.27. The van der Waals surface area contributed by atoms with Gasteiger partial charge in [0.15, 0.2) is 5.13 Å². The van der Waals surface area contributed by atoms with Gasteiger partial charge in [-0.1, -0.05) is 25.0 Å². The molecule has 0 atom stereocenters. The van der Waals surface area contributed by atoms with Gasteiger partial charge >= 0.3 is 5.97 Å². The fraction of sp³-hybridized carbons (Fsp3) is 0.421. The Morgan fingerprint density at radius 2 is 2.12 bits per heavy atom. The van der Waals surface area contributed by atoms with E-state index in [1.54, 1.807) is 18.4 Å². The molecule has 0 spiro atoms. The first-order valence-electron chi connectivity index (χ1n) is 8.71. The van der Waals surface area contributed by atoms with Gasteiger partial charge in [0.1, 0.15) is 5.82 Å². The van der Waals surface area contributed by atoms with E-state index in [0.717, 1.165) is 12.8 Å². The number of hydrogen-bond acceptors (Lipinski definition) is 5. The first-order chi connectivity index (χ1) is 12.5. The molecule has 1 N–H and O–H groups in total. The minimum absolute atomic E-state index is 0.0786. The third kappa shape index (κ3) is 3.93. The molecule has 0 saturated heterocycles. The number of halogens is 1. The number of thiazole rings is 1. The third-order valence-corrected chi connectivity index (χ3v) is 5.48. The van der Waals surface area contributed by atoms with Crippen LogP contribution in [-0.2, 0) is 26.2 Å². The average Bonchev–Trinajstić information content (AvgIpc) is 3.25. The van der Waals surface area contributed by atoms with Crippen LogP contribution in [-0.4, -0.2) is 23.5 Å². The summed E-state index contributed by atoms with van der Waals surface area (Å²) in [5, 5.41) is 5.04. The monoisotopic (exact) mass is 376 g/mol. The molecule has 7 heteroatoms. The van der Waals surface area contributed by atoms with Crippen LogP contribution in [0, 0.1) is 5.82 Å². The number of nitrogens with one attached hydrogen (secondary N) is 1. The molecule has 0 bridgehead atoms. The van der Waals surface area contributed by atoms with Crippen LogP contribution >= 0.6 is 11.3 Å². The predicted molar refractivity (Wildman–Crippen MR) is 97.6 cm³/mol. The van der Waals surface area contributed by atoms with Crippen LogP contribution in [0.2, 0.25) is 0 Å². The van der Waals surface area contributed by atoms with Gasteiger partial charge in [0.25, 0.3) is 0 Å². The molecule has 2 aromatic rings. The fourth-order valence-electron chi connectivity index (χ4n) is 3.43. The van der Waals surface area contributed by atoms with Crippen LogP contribution in [0.5, 0.6) is 0 Å². The van der Waals surface area contributed by atoms with E-state index in [-0.39, 0.29) is 24.1 Å². The molecule has 1 amide bonds. The van der Waals surface area contributed by atoms with Crippen LogP contribution in [0.3, 0.4) is 0 Å². The number of amides is 1. The Morgan fingerprint density at radius 3 is 2.81 bits per heavy atom. The van der Waals surface area contributed by atoms with Crippen molar-refractivity contribution in [2.24, 2.45) is 0 Å². The minimum Gasteiger partial charge on any atom is -0.466 e. The highest BCUT2D eigenvalue weighted by Crippen LogP contribution is 2.42. The standard InChI is InChI=1S/C19H21FN2O3S/c1-2-25-16(23)11-15-12-26-18(21-15)22-17(24)19(8-3-4-9-19)13-6-5-7-14(20)10-13/h5-7,10,12H,2-4,8-9,11H2,1H3,(H,21,22,24). The molecule has 0 aliphatic heterocycles. The predicted octanol–water partition coefficient (Wildman–Crippen LogP) is 3.84. The van der Waals surface area contributed by atoms with E-state index in [1.807, 2.05) is 6.07 Å². The molecule has 1 aromatic heterocycles. The fourth-order valence-corrected chi connectivity index (χ4v) is 4.14. The summed E-state index contributed by atoms with van der Waals surface area (Å²) in [5.74, 6) is -0.854. The highest BCUT2D eigenvalue weighted by Gasteiger charge is 2.43. The summed E-state index contributed by atoms with van der Waals surface area (Å²) in [6.07, 6.45) is 3.30. The summed E-state index contributed by atoms with van der Waals surface area (Å²) in [5.41, 5.74) is 0.542. The number of hydrogen-bond donors (Lipinski definition) is 1. The number of carbonyl (C=O) groups is 2. The van der Waals surface area contributed by atoms with Crippen LogP contribution in [0.4, 0.5) is 9.52 Å². The highest BCUT2D eigenvalue weighted by atomic mass is 32.1. The number of benzene rings is 1. The zero-order valence-electron chi connectivity index (χ0n) is 14.6. The summed E-state index contributed by atoms with van der Waals surface area (Å²) in [7, 11) is 0. The number of rotatable bonds is 6. The first-order valence-corrected chi connectivity index (χ1v) is 9.59. The Labute approximate surface area is 155 Å². The molecule has 138 valence electrons. The Balaban J connectivity index is 1.75. The zero-order chi connectivity index (χ0) is 18.6. The van der Waals surface area contributed by atoms with Crippen molar-refractivity contribution in [3.8, 4) is 0 Å². The lowest BCUT2D eigenvalue weighted by molar-refractivity contribution is -0.142.